The van der Waals surface area contributed by atoms with Gasteiger partial charge < -0.3 is 9.42 Å². The molecule has 0 bridgehead atoms. The summed E-state index contributed by atoms with van der Waals surface area (Å²) in [6.07, 6.45) is 0. The van der Waals surface area contributed by atoms with Gasteiger partial charge in [-0.05, 0) is 12.5 Å². The van der Waals surface area contributed by atoms with E-state index in [1.165, 1.54) is 11.8 Å². The molecular formula is C16H19N3O3. The third kappa shape index (κ3) is 3.94. The topological polar surface area (TPSA) is 66.7 Å². The normalized spacial score (nSPS) is 10.3. The van der Waals surface area contributed by atoms with Crippen molar-refractivity contribution in [3.8, 4) is 0 Å². The Morgan fingerprint density at radius 1 is 1.23 bits per heavy atom. The van der Waals surface area contributed by atoms with E-state index in [4.69, 9.17) is 4.52 Å². The van der Waals surface area contributed by atoms with Crippen LogP contribution in [0.2, 0.25) is 0 Å². The maximum absolute atomic E-state index is 12.3. The van der Waals surface area contributed by atoms with Crippen molar-refractivity contribution in [1.82, 2.24) is 10.1 Å². The quantitative estimate of drug-likeness (QED) is 0.847. The van der Waals surface area contributed by atoms with Gasteiger partial charge in [-0.2, -0.15) is 0 Å². The molecule has 1 aromatic heterocycles. The second kappa shape index (κ2) is 6.89. The monoisotopic (exact) mass is 301 g/mol. The van der Waals surface area contributed by atoms with Crippen LogP contribution in [-0.2, 0) is 16.1 Å². The summed E-state index contributed by atoms with van der Waals surface area (Å²) in [5, 5.41) is 3.79. The van der Waals surface area contributed by atoms with Crippen LogP contribution >= 0.6 is 0 Å². The second-order valence-electron chi connectivity index (χ2n) is 5.14. The number of hydrogen-bond donors (Lipinski definition) is 0. The average molecular weight is 301 g/mol. The van der Waals surface area contributed by atoms with E-state index in [9.17, 15) is 9.59 Å². The summed E-state index contributed by atoms with van der Waals surface area (Å²) in [5.41, 5.74) is 1.03. The first-order chi connectivity index (χ1) is 10.5. The Balaban J connectivity index is 2.03. The van der Waals surface area contributed by atoms with E-state index in [0.29, 0.717) is 18.1 Å². The lowest BCUT2D eigenvalue weighted by atomic mass is 10.2. The van der Waals surface area contributed by atoms with Crippen molar-refractivity contribution in [2.45, 2.75) is 20.4 Å². The third-order valence-electron chi connectivity index (χ3n) is 3.25. The molecule has 0 saturated carbocycles. The van der Waals surface area contributed by atoms with Crippen molar-refractivity contribution in [2.24, 2.45) is 0 Å². The third-order valence-corrected chi connectivity index (χ3v) is 3.25. The molecule has 1 aromatic carbocycles. The minimum atomic E-state index is -0.255. The summed E-state index contributed by atoms with van der Waals surface area (Å²) in [7, 11) is 1.71. The van der Waals surface area contributed by atoms with E-state index < -0.39 is 0 Å². The number of hydrogen-bond acceptors (Lipinski definition) is 4. The van der Waals surface area contributed by atoms with Gasteiger partial charge in [0.15, 0.2) is 5.82 Å². The Kier molecular flexibility index (Phi) is 4.93. The molecule has 2 rings (SSSR count). The van der Waals surface area contributed by atoms with E-state index in [-0.39, 0.29) is 18.4 Å². The molecule has 22 heavy (non-hydrogen) atoms. The highest BCUT2D eigenvalue weighted by molar-refractivity contribution is 5.96. The van der Waals surface area contributed by atoms with Crippen molar-refractivity contribution >= 4 is 17.6 Å². The van der Waals surface area contributed by atoms with Gasteiger partial charge in [0.1, 0.15) is 12.3 Å². The van der Waals surface area contributed by atoms with Gasteiger partial charge in [-0.25, -0.2) is 0 Å². The average Bonchev–Trinajstić information content (AvgIpc) is 2.91. The summed E-state index contributed by atoms with van der Waals surface area (Å²) in [6, 6.07) is 11.3. The summed E-state index contributed by atoms with van der Waals surface area (Å²) < 4.78 is 4.96. The molecule has 1 heterocycles. The predicted molar refractivity (Wildman–Crippen MR) is 82.2 cm³/mol. The van der Waals surface area contributed by atoms with Crippen LogP contribution in [0, 0.1) is 6.92 Å². The molecule has 0 spiro atoms. The van der Waals surface area contributed by atoms with Gasteiger partial charge in [-0.1, -0.05) is 35.5 Å². The zero-order valence-electron chi connectivity index (χ0n) is 12.9. The molecule has 0 aliphatic carbocycles. The number of aromatic nitrogens is 1. The van der Waals surface area contributed by atoms with Crippen LogP contribution in [-0.4, -0.2) is 35.5 Å². The van der Waals surface area contributed by atoms with Gasteiger partial charge in [-0.15, -0.1) is 0 Å². The molecule has 6 nitrogen and oxygen atoms in total. The van der Waals surface area contributed by atoms with Crippen LogP contribution in [0.5, 0.6) is 0 Å². The van der Waals surface area contributed by atoms with Crippen molar-refractivity contribution in [2.75, 3.05) is 18.5 Å². The van der Waals surface area contributed by atoms with Gasteiger partial charge in [0.2, 0.25) is 11.8 Å². The molecule has 116 valence electrons. The fraction of sp³-hybridized carbons (Fsp3) is 0.312. The number of rotatable bonds is 5. The molecular weight excluding hydrogens is 282 g/mol. The van der Waals surface area contributed by atoms with Crippen molar-refractivity contribution in [3.05, 3.63) is 47.7 Å². The number of carbonyl (C=O) groups excluding carboxylic acids is 2. The molecule has 2 amide bonds. The lowest BCUT2D eigenvalue weighted by Gasteiger charge is -2.22. The van der Waals surface area contributed by atoms with E-state index in [1.54, 1.807) is 24.9 Å². The smallest absolute Gasteiger partial charge is 0.242 e. The van der Waals surface area contributed by atoms with Gasteiger partial charge in [0.05, 0.1) is 0 Å². The number of amides is 2. The lowest BCUT2D eigenvalue weighted by Crippen LogP contribution is -2.40. The lowest BCUT2D eigenvalue weighted by molar-refractivity contribution is -0.130. The molecule has 0 unspecified atom stereocenters. The zero-order chi connectivity index (χ0) is 16.1. The Bertz CT molecular complexity index is 652. The maximum Gasteiger partial charge on any atom is 0.242 e. The second-order valence-corrected chi connectivity index (χ2v) is 5.14. The van der Waals surface area contributed by atoms with Crippen LogP contribution in [0.1, 0.15) is 18.2 Å². The van der Waals surface area contributed by atoms with Gasteiger partial charge in [0.25, 0.3) is 0 Å². The summed E-state index contributed by atoms with van der Waals surface area (Å²) in [5.74, 6) is 0.521. The highest BCUT2D eigenvalue weighted by Gasteiger charge is 2.21. The minimum Gasteiger partial charge on any atom is -0.360 e. The molecule has 0 fully saturated rings. The highest BCUT2D eigenvalue weighted by Crippen LogP contribution is 2.14. The number of nitrogens with zero attached hydrogens (tertiary/aromatic N) is 3. The number of likely N-dealkylation sites (N-methyl/N-ethyl adjacent to an activating group) is 1. The van der Waals surface area contributed by atoms with Gasteiger partial charge in [-0.3, -0.25) is 14.5 Å². The Morgan fingerprint density at radius 2 is 1.91 bits per heavy atom. The fourth-order valence-electron chi connectivity index (χ4n) is 2.04. The highest BCUT2D eigenvalue weighted by atomic mass is 16.5. The molecule has 0 N–H and O–H groups in total. The first-order valence-electron chi connectivity index (χ1n) is 6.96. The number of anilines is 1. The largest absolute Gasteiger partial charge is 0.360 e. The van der Waals surface area contributed by atoms with Crippen molar-refractivity contribution < 1.29 is 14.1 Å². The predicted octanol–water partition coefficient (Wildman–Crippen LogP) is 1.99. The summed E-state index contributed by atoms with van der Waals surface area (Å²) in [4.78, 5) is 26.9. The summed E-state index contributed by atoms with van der Waals surface area (Å²) in [6.45, 7) is 3.56. The first-order valence-corrected chi connectivity index (χ1v) is 6.96. The first kappa shape index (κ1) is 15.8. The molecule has 0 aliphatic rings. The maximum atomic E-state index is 12.3. The molecule has 0 radical (unpaired) electrons. The van der Waals surface area contributed by atoms with Gasteiger partial charge >= 0.3 is 0 Å². The van der Waals surface area contributed by atoms with Crippen LogP contribution in [0.4, 0.5) is 5.82 Å². The van der Waals surface area contributed by atoms with Crippen LogP contribution < -0.4 is 4.90 Å². The molecule has 6 heteroatoms. The molecule has 0 atom stereocenters. The zero-order valence-corrected chi connectivity index (χ0v) is 12.9. The molecule has 2 aromatic rings. The van der Waals surface area contributed by atoms with Crippen LogP contribution in [0.3, 0.4) is 0 Å². The Morgan fingerprint density at radius 3 is 2.45 bits per heavy atom. The minimum absolute atomic E-state index is 0.0648. The Labute approximate surface area is 129 Å². The fourth-order valence-corrected chi connectivity index (χ4v) is 2.04. The standard InChI is InChI=1S/C16H19N3O3/c1-12-9-15(17-22-12)19(13(2)20)11-16(21)18(3)10-14-7-5-4-6-8-14/h4-9H,10-11H2,1-3H3. The van der Waals surface area contributed by atoms with Crippen molar-refractivity contribution in [3.63, 3.8) is 0 Å². The molecule has 0 saturated heterocycles. The van der Waals surface area contributed by atoms with E-state index in [0.717, 1.165) is 5.56 Å². The number of carbonyl (C=O) groups is 2. The summed E-state index contributed by atoms with van der Waals surface area (Å²) >= 11 is 0. The van der Waals surface area contributed by atoms with Crippen LogP contribution in [0.15, 0.2) is 40.9 Å². The van der Waals surface area contributed by atoms with Gasteiger partial charge in [0, 0.05) is 26.6 Å². The molecule has 0 aliphatic heterocycles. The number of aryl methyl sites for hydroxylation is 1. The van der Waals surface area contributed by atoms with E-state index >= 15 is 0 Å². The van der Waals surface area contributed by atoms with Crippen molar-refractivity contribution in [1.29, 1.82) is 0 Å². The van der Waals surface area contributed by atoms with E-state index in [2.05, 4.69) is 5.16 Å². The Hall–Kier alpha value is -2.63. The number of benzene rings is 1. The van der Waals surface area contributed by atoms with E-state index in [1.807, 2.05) is 30.3 Å². The van der Waals surface area contributed by atoms with Crippen LogP contribution in [0.25, 0.3) is 0 Å². The SMILES string of the molecule is CC(=O)N(CC(=O)N(C)Cc1ccccc1)c1cc(C)on1.